The zero-order valence-electron chi connectivity index (χ0n) is 11.4. The summed E-state index contributed by atoms with van der Waals surface area (Å²) in [7, 11) is 0. The van der Waals surface area contributed by atoms with Crippen molar-refractivity contribution in [3.8, 4) is 5.75 Å². The molecule has 0 radical (unpaired) electrons. The molecule has 1 fully saturated rings. The number of fused-ring (bicyclic) bond motifs is 1. The Hall–Kier alpha value is -1.35. The number of hydrogen-bond donors (Lipinski definition) is 5. The third-order valence-electron chi connectivity index (χ3n) is 3.70. The summed E-state index contributed by atoms with van der Waals surface area (Å²) >= 11 is 5.90. The third kappa shape index (κ3) is 2.67. The lowest BCUT2D eigenvalue weighted by molar-refractivity contribution is -0.277. The summed E-state index contributed by atoms with van der Waals surface area (Å²) in [6.45, 7) is -0.506. The maximum absolute atomic E-state index is 9.96. The summed E-state index contributed by atoms with van der Waals surface area (Å²) in [5, 5.41) is 39.9. The minimum absolute atomic E-state index is 0.399. The number of aliphatic hydroxyl groups excluding tert-OH is 4. The highest BCUT2D eigenvalue weighted by Crippen LogP contribution is 2.31. The third-order valence-corrected chi connectivity index (χ3v) is 3.93. The van der Waals surface area contributed by atoms with E-state index in [1.54, 1.807) is 24.4 Å². The molecule has 0 spiro atoms. The van der Waals surface area contributed by atoms with Crippen molar-refractivity contribution < 1.29 is 29.9 Å². The van der Waals surface area contributed by atoms with Crippen LogP contribution in [-0.4, -0.2) is 62.7 Å². The summed E-state index contributed by atoms with van der Waals surface area (Å²) in [4.78, 5) is 2.97. The first-order valence-electron chi connectivity index (χ1n) is 6.75. The second-order valence-electron chi connectivity index (χ2n) is 5.16. The Bertz CT molecular complexity index is 660. The van der Waals surface area contributed by atoms with Crippen LogP contribution in [0.15, 0.2) is 24.4 Å². The van der Waals surface area contributed by atoms with Gasteiger partial charge in [-0.2, -0.15) is 0 Å². The summed E-state index contributed by atoms with van der Waals surface area (Å²) in [5.74, 6) is 0.399. The van der Waals surface area contributed by atoms with Crippen molar-refractivity contribution in [3.05, 3.63) is 29.4 Å². The van der Waals surface area contributed by atoms with Crippen LogP contribution in [0.2, 0.25) is 5.02 Å². The topological polar surface area (TPSA) is 115 Å². The first-order valence-corrected chi connectivity index (χ1v) is 7.13. The van der Waals surface area contributed by atoms with Crippen LogP contribution < -0.4 is 4.74 Å². The van der Waals surface area contributed by atoms with Crippen LogP contribution >= 0.6 is 11.6 Å². The lowest BCUT2D eigenvalue weighted by Gasteiger charge is -2.39. The zero-order valence-corrected chi connectivity index (χ0v) is 12.1. The number of aromatic amines is 1. The molecule has 1 aliphatic rings. The van der Waals surface area contributed by atoms with Gasteiger partial charge in [-0.05, 0) is 18.2 Å². The van der Waals surface area contributed by atoms with Gasteiger partial charge < -0.3 is 34.9 Å². The van der Waals surface area contributed by atoms with Gasteiger partial charge in [0.25, 0.3) is 0 Å². The summed E-state index contributed by atoms with van der Waals surface area (Å²) in [6, 6.07) is 5.16. The van der Waals surface area contributed by atoms with Crippen molar-refractivity contribution in [3.63, 3.8) is 0 Å². The molecule has 5 N–H and O–H groups in total. The predicted octanol–water partition coefficient (Wildman–Crippen LogP) is -0.000000000000000278. The molecule has 3 rings (SSSR count). The Morgan fingerprint density at radius 1 is 1.18 bits per heavy atom. The number of aliphatic hydroxyl groups is 4. The van der Waals surface area contributed by atoms with E-state index in [2.05, 4.69) is 4.98 Å². The van der Waals surface area contributed by atoms with Gasteiger partial charge in [-0.25, -0.2) is 0 Å². The molecule has 0 amide bonds. The molecular weight excluding hydrogens is 314 g/mol. The van der Waals surface area contributed by atoms with Crippen LogP contribution in [0, 0.1) is 0 Å². The molecule has 8 heteroatoms. The highest BCUT2D eigenvalue weighted by Gasteiger charge is 2.44. The summed E-state index contributed by atoms with van der Waals surface area (Å²) < 4.78 is 10.9. The fourth-order valence-electron chi connectivity index (χ4n) is 2.46. The standard InChI is InChI=1S/C14H16ClNO6/c15-6-1-2-7-8(3-6)16-4-9(7)21-14-13(20)12(19)11(18)10(5-17)22-14/h1-4,10-14,16-20H,5H2/t10?,11-,12?,13?,14-/m1/s1. The van der Waals surface area contributed by atoms with Crippen molar-refractivity contribution >= 4 is 22.5 Å². The van der Waals surface area contributed by atoms with Crippen LogP contribution in [0.1, 0.15) is 0 Å². The number of hydrogen-bond acceptors (Lipinski definition) is 6. The molecule has 0 saturated carbocycles. The number of benzene rings is 1. The Labute approximate surface area is 130 Å². The van der Waals surface area contributed by atoms with Crippen molar-refractivity contribution in [1.29, 1.82) is 0 Å². The van der Waals surface area contributed by atoms with E-state index in [9.17, 15) is 15.3 Å². The Morgan fingerprint density at radius 3 is 2.68 bits per heavy atom. The lowest BCUT2D eigenvalue weighted by atomic mass is 9.99. The van der Waals surface area contributed by atoms with E-state index in [1.165, 1.54) is 0 Å². The quantitative estimate of drug-likeness (QED) is 0.541. The monoisotopic (exact) mass is 329 g/mol. The Kier molecular flexibility index (Phi) is 4.26. The fraction of sp³-hybridized carbons (Fsp3) is 0.429. The van der Waals surface area contributed by atoms with Crippen LogP contribution in [0.5, 0.6) is 5.75 Å². The van der Waals surface area contributed by atoms with Crippen LogP contribution in [-0.2, 0) is 4.74 Å². The SMILES string of the molecule is OCC1O[C@@H](Oc2c[nH]c3cc(Cl)ccc23)C(O)C(O)[C@@H]1O. The molecule has 1 saturated heterocycles. The molecule has 5 atom stereocenters. The molecule has 1 aromatic heterocycles. The van der Waals surface area contributed by atoms with Crippen LogP contribution in [0.25, 0.3) is 10.9 Å². The van der Waals surface area contributed by atoms with Gasteiger partial charge in [0.05, 0.1) is 12.1 Å². The molecule has 0 bridgehead atoms. The summed E-state index contributed by atoms with van der Waals surface area (Å²) in [6.07, 6.45) is -5.00. The van der Waals surface area contributed by atoms with Gasteiger partial charge in [-0.3, -0.25) is 0 Å². The summed E-state index contributed by atoms with van der Waals surface area (Å²) in [5.41, 5.74) is 0.743. The molecular formula is C14H16ClNO6. The van der Waals surface area contributed by atoms with Gasteiger partial charge in [0, 0.05) is 16.6 Å². The van der Waals surface area contributed by atoms with Crippen molar-refractivity contribution in [2.24, 2.45) is 0 Å². The van der Waals surface area contributed by atoms with E-state index in [0.29, 0.717) is 10.8 Å². The fourth-order valence-corrected chi connectivity index (χ4v) is 2.63. The number of aromatic nitrogens is 1. The number of rotatable bonds is 3. The van der Waals surface area contributed by atoms with Crippen molar-refractivity contribution in [2.45, 2.75) is 30.7 Å². The van der Waals surface area contributed by atoms with E-state index < -0.39 is 37.3 Å². The minimum atomic E-state index is -1.48. The molecule has 2 aromatic rings. The van der Waals surface area contributed by atoms with E-state index in [4.69, 9.17) is 26.2 Å². The van der Waals surface area contributed by atoms with E-state index in [0.717, 1.165) is 10.9 Å². The number of halogens is 1. The molecule has 0 aliphatic carbocycles. The Morgan fingerprint density at radius 2 is 1.95 bits per heavy atom. The van der Waals surface area contributed by atoms with Gasteiger partial charge >= 0.3 is 0 Å². The average Bonchev–Trinajstić information content (AvgIpc) is 2.90. The highest BCUT2D eigenvalue weighted by molar-refractivity contribution is 6.31. The van der Waals surface area contributed by atoms with Gasteiger partial charge in [-0.1, -0.05) is 11.6 Å². The maximum Gasteiger partial charge on any atom is 0.229 e. The second-order valence-corrected chi connectivity index (χ2v) is 5.59. The van der Waals surface area contributed by atoms with E-state index in [1.807, 2.05) is 0 Å². The van der Waals surface area contributed by atoms with Crippen LogP contribution in [0.3, 0.4) is 0 Å². The molecule has 3 unspecified atom stereocenters. The van der Waals surface area contributed by atoms with Crippen molar-refractivity contribution in [2.75, 3.05) is 6.61 Å². The average molecular weight is 330 g/mol. The predicted molar refractivity (Wildman–Crippen MR) is 77.7 cm³/mol. The maximum atomic E-state index is 9.96. The first-order chi connectivity index (χ1) is 10.5. The number of nitrogens with one attached hydrogen (secondary N) is 1. The molecule has 22 heavy (non-hydrogen) atoms. The number of ether oxygens (including phenoxy) is 2. The van der Waals surface area contributed by atoms with Crippen LogP contribution in [0.4, 0.5) is 0 Å². The minimum Gasteiger partial charge on any atom is -0.460 e. The van der Waals surface area contributed by atoms with E-state index >= 15 is 0 Å². The highest BCUT2D eigenvalue weighted by atomic mass is 35.5. The smallest absolute Gasteiger partial charge is 0.229 e. The Balaban J connectivity index is 1.84. The van der Waals surface area contributed by atoms with Gasteiger partial charge in [0.15, 0.2) is 0 Å². The zero-order chi connectivity index (χ0) is 15.9. The largest absolute Gasteiger partial charge is 0.460 e. The second kappa shape index (κ2) is 6.04. The van der Waals surface area contributed by atoms with E-state index in [-0.39, 0.29) is 0 Å². The normalized spacial score (nSPS) is 32.3. The van der Waals surface area contributed by atoms with Gasteiger partial charge in [0.2, 0.25) is 6.29 Å². The molecule has 1 aromatic carbocycles. The van der Waals surface area contributed by atoms with Crippen molar-refractivity contribution in [1.82, 2.24) is 4.98 Å². The van der Waals surface area contributed by atoms with Gasteiger partial charge in [-0.15, -0.1) is 0 Å². The van der Waals surface area contributed by atoms with Gasteiger partial charge in [0.1, 0.15) is 30.2 Å². The molecule has 1 aliphatic heterocycles. The molecule has 120 valence electrons. The molecule has 7 nitrogen and oxygen atoms in total. The lowest BCUT2D eigenvalue weighted by Crippen LogP contribution is -2.60. The molecule has 2 heterocycles. The first kappa shape index (κ1) is 15.5. The number of H-pyrrole nitrogens is 1.